The largest absolute Gasteiger partial charge is 0.381 e. The van der Waals surface area contributed by atoms with Crippen molar-refractivity contribution in [1.29, 1.82) is 0 Å². The van der Waals surface area contributed by atoms with Gasteiger partial charge in [0.1, 0.15) is 26.3 Å². The fourth-order valence-corrected chi connectivity index (χ4v) is 6.51. The van der Waals surface area contributed by atoms with Crippen molar-refractivity contribution < 1.29 is 13.2 Å². The lowest BCUT2D eigenvalue weighted by Crippen LogP contribution is -2.41. The molecular formula is C21H25N3O3S2. The van der Waals surface area contributed by atoms with E-state index in [1.165, 1.54) is 6.26 Å². The number of rotatable bonds is 6. The first-order chi connectivity index (χ1) is 13.9. The molecule has 1 aliphatic heterocycles. The van der Waals surface area contributed by atoms with Crippen LogP contribution < -0.4 is 5.32 Å². The standard InChI is InChI=1S/C21H25N3O3S2/c1-15-23-19(22-13-21(14-29(2,25)26)8-10-27-11-9-21)18-17(12-28-20(18)24-15)16-6-4-3-5-7-16/h3-7,12H,8-11,13-14H2,1-2H3,(H,22,23,24). The minimum atomic E-state index is -3.10. The quantitative estimate of drug-likeness (QED) is 0.637. The monoisotopic (exact) mass is 431 g/mol. The van der Waals surface area contributed by atoms with Crippen molar-refractivity contribution in [3.05, 3.63) is 41.5 Å². The van der Waals surface area contributed by atoms with Gasteiger partial charge in [-0.15, -0.1) is 11.3 Å². The number of benzene rings is 1. The van der Waals surface area contributed by atoms with Crippen LogP contribution in [-0.2, 0) is 14.6 Å². The zero-order chi connectivity index (χ0) is 20.5. The number of hydrogen-bond acceptors (Lipinski definition) is 7. The maximum Gasteiger partial charge on any atom is 0.148 e. The molecule has 6 nitrogen and oxygen atoms in total. The van der Waals surface area contributed by atoms with E-state index in [-0.39, 0.29) is 11.2 Å². The third-order valence-electron chi connectivity index (χ3n) is 5.38. The highest BCUT2D eigenvalue weighted by molar-refractivity contribution is 7.90. The Balaban J connectivity index is 1.71. The summed E-state index contributed by atoms with van der Waals surface area (Å²) >= 11 is 1.60. The second-order valence-corrected chi connectivity index (χ2v) is 10.8. The lowest BCUT2D eigenvalue weighted by Gasteiger charge is -2.36. The van der Waals surface area contributed by atoms with Crippen LogP contribution in [-0.4, -0.2) is 50.2 Å². The fourth-order valence-electron chi connectivity index (χ4n) is 4.01. The number of nitrogens with one attached hydrogen (secondary N) is 1. The SMILES string of the molecule is Cc1nc(NCC2(CS(C)(=O)=O)CCOCC2)c2c(-c3ccccc3)csc2n1. The van der Waals surface area contributed by atoms with Crippen LogP contribution in [0.2, 0.25) is 0 Å². The molecule has 4 rings (SSSR count). The van der Waals surface area contributed by atoms with Gasteiger partial charge in [-0.05, 0) is 25.3 Å². The van der Waals surface area contributed by atoms with E-state index in [9.17, 15) is 8.42 Å². The van der Waals surface area contributed by atoms with Crippen molar-refractivity contribution in [1.82, 2.24) is 9.97 Å². The number of ether oxygens (including phenoxy) is 1. The Kier molecular flexibility index (Phi) is 5.59. The number of sulfone groups is 1. The van der Waals surface area contributed by atoms with Gasteiger partial charge in [-0.2, -0.15) is 0 Å². The molecule has 1 aromatic carbocycles. The van der Waals surface area contributed by atoms with Gasteiger partial charge < -0.3 is 10.1 Å². The smallest absolute Gasteiger partial charge is 0.148 e. The summed E-state index contributed by atoms with van der Waals surface area (Å²) in [5.41, 5.74) is 1.86. The summed E-state index contributed by atoms with van der Waals surface area (Å²) in [6.45, 7) is 3.60. The van der Waals surface area contributed by atoms with Gasteiger partial charge >= 0.3 is 0 Å². The van der Waals surface area contributed by atoms with E-state index in [0.29, 0.717) is 25.6 Å². The van der Waals surface area contributed by atoms with Gasteiger partial charge in [0.2, 0.25) is 0 Å². The molecule has 1 fully saturated rings. The predicted octanol–water partition coefficient (Wildman–Crippen LogP) is 3.92. The number of hydrogen-bond donors (Lipinski definition) is 1. The molecule has 29 heavy (non-hydrogen) atoms. The Hall–Kier alpha value is -2.03. The number of anilines is 1. The van der Waals surface area contributed by atoms with Crippen LogP contribution in [0.25, 0.3) is 21.3 Å². The van der Waals surface area contributed by atoms with Crippen molar-refractivity contribution >= 4 is 37.2 Å². The molecule has 1 aliphatic rings. The van der Waals surface area contributed by atoms with Crippen molar-refractivity contribution in [2.45, 2.75) is 19.8 Å². The first kappa shape index (κ1) is 20.3. The average Bonchev–Trinajstić information content (AvgIpc) is 3.10. The van der Waals surface area contributed by atoms with Gasteiger partial charge in [-0.3, -0.25) is 0 Å². The molecule has 3 aromatic rings. The van der Waals surface area contributed by atoms with E-state index in [1.807, 2.05) is 25.1 Å². The molecule has 0 radical (unpaired) electrons. The van der Waals surface area contributed by atoms with Gasteiger partial charge in [0.15, 0.2) is 0 Å². The van der Waals surface area contributed by atoms with Gasteiger partial charge in [0, 0.05) is 42.4 Å². The Morgan fingerprint density at radius 3 is 2.59 bits per heavy atom. The van der Waals surface area contributed by atoms with Crippen LogP contribution in [0.5, 0.6) is 0 Å². The molecule has 154 valence electrons. The van der Waals surface area contributed by atoms with Crippen LogP contribution in [0.4, 0.5) is 5.82 Å². The highest BCUT2D eigenvalue weighted by Crippen LogP contribution is 2.38. The van der Waals surface area contributed by atoms with E-state index in [0.717, 1.165) is 40.0 Å². The maximum atomic E-state index is 12.1. The van der Waals surface area contributed by atoms with E-state index < -0.39 is 9.84 Å². The number of aromatic nitrogens is 2. The van der Waals surface area contributed by atoms with Crippen molar-refractivity contribution in [3.63, 3.8) is 0 Å². The predicted molar refractivity (Wildman–Crippen MR) is 118 cm³/mol. The second kappa shape index (κ2) is 8.01. The van der Waals surface area contributed by atoms with Crippen LogP contribution in [0.15, 0.2) is 35.7 Å². The Morgan fingerprint density at radius 2 is 1.90 bits per heavy atom. The molecule has 0 saturated carbocycles. The molecule has 3 heterocycles. The highest BCUT2D eigenvalue weighted by Gasteiger charge is 2.36. The van der Waals surface area contributed by atoms with E-state index >= 15 is 0 Å². The number of fused-ring (bicyclic) bond motifs is 1. The molecular weight excluding hydrogens is 406 g/mol. The zero-order valence-electron chi connectivity index (χ0n) is 16.6. The van der Waals surface area contributed by atoms with Gasteiger partial charge in [0.25, 0.3) is 0 Å². The molecule has 0 unspecified atom stereocenters. The van der Waals surface area contributed by atoms with E-state index in [1.54, 1.807) is 11.3 Å². The van der Waals surface area contributed by atoms with Crippen molar-refractivity contribution in [3.8, 4) is 11.1 Å². The minimum Gasteiger partial charge on any atom is -0.381 e. The molecule has 2 aromatic heterocycles. The first-order valence-electron chi connectivity index (χ1n) is 9.66. The van der Waals surface area contributed by atoms with E-state index in [2.05, 4.69) is 32.8 Å². The van der Waals surface area contributed by atoms with Gasteiger partial charge in [0.05, 0.1) is 11.1 Å². The molecule has 0 amide bonds. The van der Waals surface area contributed by atoms with Gasteiger partial charge in [-0.1, -0.05) is 30.3 Å². The lowest BCUT2D eigenvalue weighted by molar-refractivity contribution is 0.0315. The third-order valence-corrected chi connectivity index (χ3v) is 7.39. The molecule has 0 spiro atoms. The van der Waals surface area contributed by atoms with E-state index in [4.69, 9.17) is 4.74 Å². The second-order valence-electron chi connectivity index (χ2n) is 7.85. The maximum absolute atomic E-state index is 12.1. The number of nitrogens with zero attached hydrogens (tertiary/aromatic N) is 2. The Bertz CT molecular complexity index is 1100. The Labute approximate surface area is 175 Å². The molecule has 0 bridgehead atoms. The summed E-state index contributed by atoms with van der Waals surface area (Å²) in [6, 6.07) is 10.2. The van der Waals surface area contributed by atoms with Crippen LogP contribution in [0.1, 0.15) is 18.7 Å². The van der Waals surface area contributed by atoms with Crippen LogP contribution in [0.3, 0.4) is 0 Å². The summed E-state index contributed by atoms with van der Waals surface area (Å²) in [4.78, 5) is 10.2. The summed E-state index contributed by atoms with van der Waals surface area (Å²) in [5, 5.41) is 6.60. The van der Waals surface area contributed by atoms with Crippen molar-refractivity contribution in [2.75, 3.05) is 37.1 Å². The summed E-state index contributed by atoms with van der Waals surface area (Å²) in [7, 11) is -3.10. The average molecular weight is 432 g/mol. The molecule has 0 aliphatic carbocycles. The molecule has 1 N–H and O–H groups in total. The highest BCUT2D eigenvalue weighted by atomic mass is 32.2. The summed E-state index contributed by atoms with van der Waals surface area (Å²) < 4.78 is 29.7. The Morgan fingerprint density at radius 1 is 1.17 bits per heavy atom. The summed E-state index contributed by atoms with van der Waals surface area (Å²) in [6.07, 6.45) is 2.74. The van der Waals surface area contributed by atoms with Crippen LogP contribution in [0, 0.1) is 12.3 Å². The molecule has 0 atom stereocenters. The number of aryl methyl sites for hydroxylation is 1. The summed E-state index contributed by atoms with van der Waals surface area (Å²) in [5.74, 6) is 1.62. The lowest BCUT2D eigenvalue weighted by atomic mass is 9.82. The minimum absolute atomic E-state index is 0.152. The fraction of sp³-hybridized carbons (Fsp3) is 0.429. The van der Waals surface area contributed by atoms with Gasteiger partial charge in [-0.25, -0.2) is 18.4 Å². The first-order valence-corrected chi connectivity index (χ1v) is 12.6. The normalized spacial score (nSPS) is 16.8. The molecule has 8 heteroatoms. The van der Waals surface area contributed by atoms with Crippen LogP contribution >= 0.6 is 11.3 Å². The zero-order valence-corrected chi connectivity index (χ0v) is 18.3. The number of thiophene rings is 1. The topological polar surface area (TPSA) is 81.2 Å². The molecule has 1 saturated heterocycles. The third kappa shape index (κ3) is 4.60. The van der Waals surface area contributed by atoms with Crippen molar-refractivity contribution in [2.24, 2.45) is 5.41 Å².